The number of hydrogen-bond acceptors (Lipinski definition) is 8. The second-order valence-corrected chi connectivity index (χ2v) is 18.0. The zero-order chi connectivity index (χ0) is 25.9. The van der Waals surface area contributed by atoms with Crippen molar-refractivity contribution in [3.05, 3.63) is 24.0 Å². The van der Waals surface area contributed by atoms with Crippen molar-refractivity contribution in [2.24, 2.45) is 0 Å². The molecule has 1 atom stereocenters. The van der Waals surface area contributed by atoms with E-state index in [4.69, 9.17) is 14.5 Å². The molecule has 0 radical (unpaired) electrons. The minimum Gasteiger partial charge on any atom is -0.444 e. The molecule has 3 aromatic heterocycles. The van der Waals surface area contributed by atoms with Crippen molar-refractivity contribution in [1.82, 2.24) is 24.6 Å². The summed E-state index contributed by atoms with van der Waals surface area (Å²) in [5, 5.41) is 13.9. The molecule has 1 N–H and O–H groups in total. The summed E-state index contributed by atoms with van der Waals surface area (Å²) in [6.45, 7) is 15.2. The number of aromatic nitrogens is 4. The van der Waals surface area contributed by atoms with Crippen LogP contribution in [0, 0.1) is 0 Å². The van der Waals surface area contributed by atoms with Gasteiger partial charge in [0.1, 0.15) is 23.5 Å². The van der Waals surface area contributed by atoms with Crippen LogP contribution in [0.1, 0.15) is 33.6 Å². The van der Waals surface area contributed by atoms with Crippen molar-refractivity contribution in [3.8, 4) is 10.6 Å². The highest BCUT2D eigenvalue weighted by molar-refractivity contribution is 7.12. The quantitative estimate of drug-likeness (QED) is 0.296. The van der Waals surface area contributed by atoms with Crippen molar-refractivity contribution in [2.75, 3.05) is 25.0 Å². The Morgan fingerprint density at radius 3 is 2.81 bits per heavy atom. The summed E-state index contributed by atoms with van der Waals surface area (Å²) >= 11 is 1.48. The van der Waals surface area contributed by atoms with Crippen molar-refractivity contribution < 1.29 is 14.3 Å². The summed E-state index contributed by atoms with van der Waals surface area (Å²) in [6.07, 6.45) is 5.48. The molecule has 0 saturated carbocycles. The van der Waals surface area contributed by atoms with Crippen LogP contribution in [0.15, 0.2) is 24.0 Å². The first-order valence-corrected chi connectivity index (χ1v) is 17.2. The standard InChI is InChI=1S/C25H38N6O3SSi/c1-25(2,3)34-24(32)30-10-7-8-18(15-30)28-21-19-9-11-31(17-33-12-13-36(4,5)6)22(19)26-14-20(21)23-29-27-16-35-23/h9,11,14,16,18H,7-8,10,12-13,15,17H2,1-6H3,(H,26,28)/t18-/m1/s1. The molecular weight excluding hydrogens is 492 g/mol. The Labute approximate surface area is 218 Å². The Morgan fingerprint density at radius 2 is 2.11 bits per heavy atom. The SMILES string of the molecule is CC(C)(C)OC(=O)N1CCC[C@@H](Nc2c(-c3nncs3)cnc3c2ccn3COCC[Si](C)(C)C)C1. The third kappa shape index (κ3) is 6.83. The van der Waals surface area contributed by atoms with Crippen LogP contribution in [-0.2, 0) is 16.2 Å². The summed E-state index contributed by atoms with van der Waals surface area (Å²) in [5.74, 6) is 0. The predicted molar refractivity (Wildman–Crippen MR) is 147 cm³/mol. The lowest BCUT2D eigenvalue weighted by Gasteiger charge is -2.35. The number of carbonyl (C=O) groups is 1. The van der Waals surface area contributed by atoms with E-state index < -0.39 is 13.7 Å². The molecule has 0 bridgehead atoms. The van der Waals surface area contributed by atoms with Crippen LogP contribution < -0.4 is 5.32 Å². The fourth-order valence-corrected chi connectivity index (χ4v) is 5.51. The van der Waals surface area contributed by atoms with Gasteiger partial charge >= 0.3 is 6.09 Å². The van der Waals surface area contributed by atoms with Gasteiger partial charge in [-0.25, -0.2) is 9.78 Å². The minimum absolute atomic E-state index is 0.0832. The van der Waals surface area contributed by atoms with Gasteiger partial charge in [-0.05, 0) is 45.7 Å². The van der Waals surface area contributed by atoms with Crippen LogP contribution in [-0.4, -0.2) is 70.2 Å². The molecule has 0 aliphatic carbocycles. The number of amides is 1. The molecule has 36 heavy (non-hydrogen) atoms. The number of piperidine rings is 1. The van der Waals surface area contributed by atoms with Crippen molar-refractivity contribution in [3.63, 3.8) is 0 Å². The van der Waals surface area contributed by atoms with Gasteiger partial charge in [0.25, 0.3) is 0 Å². The van der Waals surface area contributed by atoms with Gasteiger partial charge in [-0.15, -0.1) is 10.2 Å². The molecular formula is C25H38N6O3SSi. The van der Waals surface area contributed by atoms with E-state index in [9.17, 15) is 4.79 Å². The van der Waals surface area contributed by atoms with Crippen LogP contribution in [0.3, 0.4) is 0 Å². The third-order valence-electron chi connectivity index (χ3n) is 6.03. The highest BCUT2D eigenvalue weighted by Crippen LogP contribution is 2.36. The number of fused-ring (bicyclic) bond motifs is 1. The topological polar surface area (TPSA) is 94.4 Å². The van der Waals surface area contributed by atoms with Crippen molar-refractivity contribution >= 4 is 42.2 Å². The summed E-state index contributed by atoms with van der Waals surface area (Å²) < 4.78 is 13.7. The van der Waals surface area contributed by atoms with Gasteiger partial charge in [0.15, 0.2) is 5.01 Å². The van der Waals surface area contributed by atoms with E-state index in [1.54, 1.807) is 10.4 Å². The summed E-state index contributed by atoms with van der Waals surface area (Å²) in [5.41, 5.74) is 3.95. The number of carbonyl (C=O) groups excluding carboxylic acids is 1. The van der Waals surface area contributed by atoms with E-state index in [1.165, 1.54) is 11.3 Å². The van der Waals surface area contributed by atoms with Crippen LogP contribution >= 0.6 is 11.3 Å². The smallest absolute Gasteiger partial charge is 0.410 e. The number of nitrogens with one attached hydrogen (secondary N) is 1. The fourth-order valence-electron chi connectivity index (χ4n) is 4.18. The van der Waals surface area contributed by atoms with Crippen LogP contribution in [0.5, 0.6) is 0 Å². The van der Waals surface area contributed by atoms with Gasteiger partial charge in [0, 0.05) is 51.6 Å². The first-order valence-electron chi connectivity index (χ1n) is 12.6. The summed E-state index contributed by atoms with van der Waals surface area (Å²) in [7, 11) is -1.14. The van der Waals surface area contributed by atoms with Gasteiger partial charge < -0.3 is 24.3 Å². The molecule has 9 nitrogen and oxygen atoms in total. The van der Waals surface area contributed by atoms with Crippen LogP contribution in [0.25, 0.3) is 21.6 Å². The molecule has 4 rings (SSSR count). The Hall–Kier alpha value is -2.50. The zero-order valence-corrected chi connectivity index (χ0v) is 24.0. The average molecular weight is 531 g/mol. The Morgan fingerprint density at radius 1 is 1.31 bits per heavy atom. The summed E-state index contributed by atoms with van der Waals surface area (Å²) in [4.78, 5) is 19.3. The molecule has 1 aliphatic rings. The van der Waals surface area contributed by atoms with E-state index in [0.29, 0.717) is 19.8 Å². The molecule has 196 valence electrons. The Balaban J connectivity index is 1.56. The average Bonchev–Trinajstić information content (AvgIpc) is 3.46. The first-order chi connectivity index (χ1) is 17.0. The molecule has 0 spiro atoms. The molecule has 1 fully saturated rings. The number of nitrogens with zero attached hydrogens (tertiary/aromatic N) is 5. The number of rotatable bonds is 8. The first kappa shape index (κ1) is 26.6. The Kier molecular flexibility index (Phi) is 8.01. The monoisotopic (exact) mass is 530 g/mol. The van der Waals surface area contributed by atoms with Crippen molar-refractivity contribution in [2.45, 2.75) is 77.7 Å². The second kappa shape index (κ2) is 10.9. The second-order valence-electron chi connectivity index (χ2n) is 11.6. The zero-order valence-electron chi connectivity index (χ0n) is 22.2. The highest BCUT2D eigenvalue weighted by Gasteiger charge is 2.29. The van der Waals surface area contributed by atoms with Crippen LogP contribution in [0.2, 0.25) is 25.7 Å². The predicted octanol–water partition coefficient (Wildman–Crippen LogP) is 5.68. The summed E-state index contributed by atoms with van der Waals surface area (Å²) in [6, 6.07) is 3.29. The number of ether oxygens (including phenoxy) is 2. The van der Waals surface area contributed by atoms with E-state index in [2.05, 4.69) is 41.2 Å². The number of pyridine rings is 1. The van der Waals surface area contributed by atoms with E-state index in [1.807, 2.05) is 37.7 Å². The normalized spacial score (nSPS) is 16.9. The maximum absolute atomic E-state index is 12.7. The lowest BCUT2D eigenvalue weighted by atomic mass is 10.0. The molecule has 0 aromatic carbocycles. The Bertz CT molecular complexity index is 1170. The molecule has 4 heterocycles. The van der Waals surface area contributed by atoms with E-state index in [0.717, 1.165) is 52.8 Å². The largest absolute Gasteiger partial charge is 0.444 e. The molecule has 1 aliphatic heterocycles. The van der Waals surface area contributed by atoms with Crippen LogP contribution in [0.4, 0.5) is 10.5 Å². The lowest BCUT2D eigenvalue weighted by molar-refractivity contribution is 0.0206. The highest BCUT2D eigenvalue weighted by atomic mass is 32.1. The molecule has 3 aromatic rings. The van der Waals surface area contributed by atoms with Crippen molar-refractivity contribution in [1.29, 1.82) is 0 Å². The fraction of sp³-hybridized carbons (Fsp3) is 0.600. The van der Waals surface area contributed by atoms with Gasteiger partial charge in [0.2, 0.25) is 0 Å². The van der Waals surface area contributed by atoms with Gasteiger partial charge in [-0.3, -0.25) is 0 Å². The van der Waals surface area contributed by atoms with Gasteiger partial charge in [0.05, 0.1) is 11.3 Å². The third-order valence-corrected chi connectivity index (χ3v) is 8.46. The van der Waals surface area contributed by atoms with E-state index in [-0.39, 0.29) is 12.1 Å². The number of anilines is 1. The molecule has 11 heteroatoms. The number of likely N-dealkylation sites (tertiary alicyclic amines) is 1. The minimum atomic E-state index is -1.14. The van der Waals surface area contributed by atoms with Gasteiger partial charge in [-0.2, -0.15) is 0 Å². The van der Waals surface area contributed by atoms with E-state index >= 15 is 0 Å². The molecule has 0 unspecified atom stereocenters. The maximum atomic E-state index is 12.7. The lowest BCUT2D eigenvalue weighted by Crippen LogP contribution is -2.47. The van der Waals surface area contributed by atoms with Gasteiger partial charge in [-0.1, -0.05) is 31.0 Å². The maximum Gasteiger partial charge on any atom is 0.410 e. The molecule has 1 saturated heterocycles. The molecule has 1 amide bonds. The number of hydrogen-bond donors (Lipinski definition) is 1.